The maximum absolute atomic E-state index is 13.4. The Bertz CT molecular complexity index is 1060. The van der Waals surface area contributed by atoms with E-state index in [1.807, 2.05) is 67.4 Å². The number of aromatic nitrogens is 1. The summed E-state index contributed by atoms with van der Waals surface area (Å²) in [6, 6.07) is 15.9. The van der Waals surface area contributed by atoms with E-state index in [0.29, 0.717) is 25.6 Å². The van der Waals surface area contributed by atoms with Crippen LogP contribution in [0.2, 0.25) is 0 Å². The van der Waals surface area contributed by atoms with Gasteiger partial charge in [0, 0.05) is 49.2 Å². The molecule has 2 aromatic carbocycles. The van der Waals surface area contributed by atoms with Crippen LogP contribution in [0.1, 0.15) is 31.9 Å². The first kappa shape index (κ1) is 23.4. The number of hydrogen-bond acceptors (Lipinski definition) is 3. The van der Waals surface area contributed by atoms with Crippen LogP contribution in [0.4, 0.5) is 0 Å². The number of H-pyrrole nitrogens is 1. The summed E-state index contributed by atoms with van der Waals surface area (Å²) in [7, 11) is 1.64. The largest absolute Gasteiger partial charge is 0.496 e. The molecular weight excluding hydrogens is 402 g/mol. The van der Waals surface area contributed by atoms with Gasteiger partial charge in [-0.05, 0) is 30.0 Å². The fourth-order valence-electron chi connectivity index (χ4n) is 3.93. The molecule has 6 nitrogen and oxygen atoms in total. The van der Waals surface area contributed by atoms with E-state index in [0.717, 1.165) is 23.3 Å². The van der Waals surface area contributed by atoms with E-state index >= 15 is 0 Å². The van der Waals surface area contributed by atoms with Crippen molar-refractivity contribution >= 4 is 22.7 Å². The Hall–Kier alpha value is -3.28. The van der Waals surface area contributed by atoms with Gasteiger partial charge in [0.25, 0.3) is 0 Å². The van der Waals surface area contributed by atoms with Crippen molar-refractivity contribution in [2.75, 3.05) is 26.7 Å². The van der Waals surface area contributed by atoms with Gasteiger partial charge < -0.3 is 19.5 Å². The van der Waals surface area contributed by atoms with Gasteiger partial charge in [0.1, 0.15) is 5.75 Å². The van der Waals surface area contributed by atoms with E-state index < -0.39 is 0 Å². The Labute approximate surface area is 190 Å². The Morgan fingerprint density at radius 3 is 2.44 bits per heavy atom. The van der Waals surface area contributed by atoms with E-state index in [2.05, 4.69) is 11.1 Å². The highest BCUT2D eigenvalue weighted by Crippen LogP contribution is 2.22. The molecule has 0 saturated carbocycles. The van der Waals surface area contributed by atoms with Crippen LogP contribution in [-0.4, -0.2) is 53.3 Å². The van der Waals surface area contributed by atoms with Crippen LogP contribution in [0.15, 0.2) is 54.7 Å². The van der Waals surface area contributed by atoms with Gasteiger partial charge in [-0.1, -0.05) is 50.2 Å². The first-order valence-corrected chi connectivity index (χ1v) is 11.1. The van der Waals surface area contributed by atoms with Crippen molar-refractivity contribution in [3.8, 4) is 5.75 Å². The fourth-order valence-corrected chi connectivity index (χ4v) is 3.93. The summed E-state index contributed by atoms with van der Waals surface area (Å²) < 4.78 is 5.50. The average Bonchev–Trinajstić information content (AvgIpc) is 3.19. The number of fused-ring (bicyclic) bond motifs is 1. The maximum atomic E-state index is 13.4. The fraction of sp³-hybridized carbons (Fsp3) is 0.385. The van der Waals surface area contributed by atoms with E-state index in [9.17, 15) is 9.59 Å². The molecule has 170 valence electrons. The predicted octanol–water partition coefficient (Wildman–Crippen LogP) is 4.25. The Balaban J connectivity index is 1.81. The third-order valence-electron chi connectivity index (χ3n) is 5.59. The quantitative estimate of drug-likeness (QED) is 0.518. The average molecular weight is 436 g/mol. The van der Waals surface area contributed by atoms with Crippen molar-refractivity contribution in [2.24, 2.45) is 5.92 Å². The summed E-state index contributed by atoms with van der Waals surface area (Å²) in [4.78, 5) is 32.2. The molecule has 0 aliphatic rings. The van der Waals surface area contributed by atoms with Gasteiger partial charge in [0.2, 0.25) is 11.8 Å². The van der Waals surface area contributed by atoms with Crippen LogP contribution in [0.3, 0.4) is 0 Å². The molecule has 1 heterocycles. The minimum Gasteiger partial charge on any atom is -0.496 e. The van der Waals surface area contributed by atoms with Crippen LogP contribution in [0.25, 0.3) is 10.9 Å². The number of aromatic amines is 1. The zero-order valence-electron chi connectivity index (χ0n) is 19.4. The van der Waals surface area contributed by atoms with Crippen LogP contribution in [-0.2, 0) is 22.6 Å². The predicted molar refractivity (Wildman–Crippen MR) is 128 cm³/mol. The summed E-state index contributed by atoms with van der Waals surface area (Å²) in [5.74, 6) is 0.899. The van der Waals surface area contributed by atoms with Crippen molar-refractivity contribution in [2.45, 2.75) is 33.7 Å². The first-order chi connectivity index (χ1) is 15.4. The third kappa shape index (κ3) is 5.90. The molecule has 32 heavy (non-hydrogen) atoms. The molecule has 1 aromatic heterocycles. The van der Waals surface area contributed by atoms with Gasteiger partial charge in [-0.2, -0.15) is 0 Å². The number of carbonyl (C=O) groups excluding carboxylic acids is 2. The Morgan fingerprint density at radius 1 is 1.00 bits per heavy atom. The highest BCUT2D eigenvalue weighted by atomic mass is 16.5. The lowest BCUT2D eigenvalue weighted by Crippen LogP contribution is -2.44. The number of benzene rings is 2. The van der Waals surface area contributed by atoms with Gasteiger partial charge >= 0.3 is 0 Å². The van der Waals surface area contributed by atoms with Crippen molar-refractivity contribution in [1.29, 1.82) is 0 Å². The topological polar surface area (TPSA) is 65.6 Å². The maximum Gasteiger partial charge on any atom is 0.242 e. The molecule has 6 heteroatoms. The van der Waals surface area contributed by atoms with Crippen molar-refractivity contribution in [3.05, 3.63) is 65.9 Å². The molecule has 0 bridgehead atoms. The van der Waals surface area contributed by atoms with Gasteiger partial charge in [0.05, 0.1) is 13.7 Å². The standard InChI is InChI=1S/C26H33N3O3/c1-19(2)16-29(20(3)30)18-26(31)28(17-22-9-5-8-12-25(22)32-4)14-13-21-15-27-24-11-7-6-10-23(21)24/h5-12,15,19,27H,13-14,16-18H2,1-4H3. The molecule has 1 N–H and O–H groups in total. The molecule has 3 aromatic rings. The molecule has 0 saturated heterocycles. The van der Waals surface area contributed by atoms with E-state index in [4.69, 9.17) is 4.74 Å². The number of nitrogens with one attached hydrogen (secondary N) is 1. The second-order valence-corrected chi connectivity index (χ2v) is 8.53. The number of para-hydroxylation sites is 2. The van der Waals surface area contributed by atoms with E-state index in [1.54, 1.807) is 12.0 Å². The van der Waals surface area contributed by atoms with E-state index in [-0.39, 0.29) is 18.4 Å². The van der Waals surface area contributed by atoms with Crippen LogP contribution < -0.4 is 4.74 Å². The Kier molecular flexibility index (Phi) is 7.92. The minimum atomic E-state index is -0.0825. The Morgan fingerprint density at radius 2 is 1.72 bits per heavy atom. The molecule has 0 aliphatic heterocycles. The highest BCUT2D eigenvalue weighted by molar-refractivity contribution is 5.85. The number of nitrogens with zero attached hydrogens (tertiary/aromatic N) is 2. The monoisotopic (exact) mass is 435 g/mol. The third-order valence-corrected chi connectivity index (χ3v) is 5.59. The number of carbonyl (C=O) groups is 2. The number of ether oxygens (including phenoxy) is 1. The number of methoxy groups -OCH3 is 1. The first-order valence-electron chi connectivity index (χ1n) is 11.1. The van der Waals surface area contributed by atoms with Gasteiger partial charge in [-0.3, -0.25) is 9.59 Å². The van der Waals surface area contributed by atoms with Gasteiger partial charge in [-0.15, -0.1) is 0 Å². The second kappa shape index (κ2) is 10.8. The zero-order chi connectivity index (χ0) is 23.1. The van der Waals surface area contributed by atoms with Gasteiger partial charge in [-0.25, -0.2) is 0 Å². The van der Waals surface area contributed by atoms with Crippen LogP contribution in [0, 0.1) is 5.92 Å². The highest BCUT2D eigenvalue weighted by Gasteiger charge is 2.21. The van der Waals surface area contributed by atoms with Crippen molar-refractivity contribution in [1.82, 2.24) is 14.8 Å². The molecular formula is C26H33N3O3. The SMILES string of the molecule is COc1ccccc1CN(CCc1c[nH]c2ccccc12)C(=O)CN(CC(C)C)C(C)=O. The minimum absolute atomic E-state index is 0.0633. The lowest BCUT2D eigenvalue weighted by atomic mass is 10.1. The summed E-state index contributed by atoms with van der Waals surface area (Å²) in [5, 5.41) is 1.17. The van der Waals surface area contributed by atoms with Crippen molar-refractivity contribution in [3.63, 3.8) is 0 Å². The summed E-state index contributed by atoms with van der Waals surface area (Å²) >= 11 is 0. The zero-order valence-corrected chi connectivity index (χ0v) is 19.4. The molecule has 0 fully saturated rings. The van der Waals surface area contributed by atoms with Gasteiger partial charge in [0.15, 0.2) is 0 Å². The summed E-state index contributed by atoms with van der Waals surface area (Å²) in [6.07, 6.45) is 2.73. The summed E-state index contributed by atoms with van der Waals surface area (Å²) in [5.41, 5.74) is 3.20. The molecule has 2 amide bonds. The molecule has 3 rings (SSSR count). The lowest BCUT2D eigenvalue weighted by molar-refractivity contribution is -0.140. The number of hydrogen-bond donors (Lipinski definition) is 1. The smallest absolute Gasteiger partial charge is 0.242 e. The molecule has 0 aliphatic carbocycles. The van der Waals surface area contributed by atoms with Crippen molar-refractivity contribution < 1.29 is 14.3 Å². The molecule has 0 radical (unpaired) electrons. The summed E-state index contributed by atoms with van der Waals surface area (Å²) in [6.45, 7) is 7.23. The number of amides is 2. The molecule has 0 spiro atoms. The molecule has 0 atom stereocenters. The normalized spacial score (nSPS) is 11.0. The number of rotatable bonds is 10. The lowest BCUT2D eigenvalue weighted by Gasteiger charge is -2.28. The van der Waals surface area contributed by atoms with Crippen LogP contribution >= 0.6 is 0 Å². The second-order valence-electron chi connectivity index (χ2n) is 8.53. The molecule has 0 unspecified atom stereocenters. The van der Waals surface area contributed by atoms with Crippen LogP contribution in [0.5, 0.6) is 5.75 Å². The van der Waals surface area contributed by atoms with E-state index in [1.165, 1.54) is 17.9 Å².